The molecule has 0 aromatic carbocycles. The van der Waals surface area contributed by atoms with Crippen molar-refractivity contribution in [3.8, 4) is 11.9 Å². The molecule has 0 spiro atoms. The number of nitriles is 1. The summed E-state index contributed by atoms with van der Waals surface area (Å²) >= 11 is 0. The predicted octanol–water partition coefficient (Wildman–Crippen LogP) is 3.14. The van der Waals surface area contributed by atoms with Crippen LogP contribution in [-0.4, -0.2) is 14.8 Å². The van der Waals surface area contributed by atoms with Gasteiger partial charge in [0.25, 0.3) is 0 Å². The number of aryl methyl sites for hydroxylation is 2. The molecular formula is C16H18N4. The van der Waals surface area contributed by atoms with Crippen molar-refractivity contribution in [1.29, 1.82) is 5.26 Å². The number of nitrogens with zero attached hydrogens (tertiary/aromatic N) is 4. The summed E-state index contributed by atoms with van der Waals surface area (Å²) in [6, 6.07) is 6.25. The van der Waals surface area contributed by atoms with Crippen molar-refractivity contribution >= 4 is 0 Å². The molecule has 0 amide bonds. The van der Waals surface area contributed by atoms with Crippen molar-refractivity contribution in [3.63, 3.8) is 0 Å². The van der Waals surface area contributed by atoms with E-state index in [1.54, 1.807) is 4.68 Å². The van der Waals surface area contributed by atoms with Crippen LogP contribution >= 0.6 is 0 Å². The molecule has 1 aliphatic rings. The Morgan fingerprint density at radius 3 is 2.80 bits per heavy atom. The Morgan fingerprint density at radius 1 is 1.30 bits per heavy atom. The van der Waals surface area contributed by atoms with Gasteiger partial charge in [-0.15, -0.1) is 0 Å². The van der Waals surface area contributed by atoms with E-state index in [0.29, 0.717) is 17.3 Å². The maximum Gasteiger partial charge on any atom is 0.171 e. The quantitative estimate of drug-likeness (QED) is 0.839. The van der Waals surface area contributed by atoms with E-state index in [-0.39, 0.29) is 0 Å². The second-order valence-electron chi connectivity index (χ2n) is 5.62. The lowest BCUT2D eigenvalue weighted by Crippen LogP contribution is -2.11. The highest BCUT2D eigenvalue weighted by Gasteiger charge is 2.17. The molecule has 2 aromatic heterocycles. The fraction of sp³-hybridized carbons (Fsp3) is 0.438. The molecule has 0 bridgehead atoms. The van der Waals surface area contributed by atoms with Gasteiger partial charge in [0, 0.05) is 11.9 Å². The van der Waals surface area contributed by atoms with Crippen LogP contribution in [0.4, 0.5) is 0 Å². The minimum Gasteiger partial charge on any atom is -0.232 e. The van der Waals surface area contributed by atoms with Crippen LogP contribution in [0.2, 0.25) is 0 Å². The Hall–Kier alpha value is -2.15. The van der Waals surface area contributed by atoms with Gasteiger partial charge in [-0.3, -0.25) is 0 Å². The number of rotatable bonds is 2. The summed E-state index contributed by atoms with van der Waals surface area (Å²) in [6.45, 7) is 4.22. The molecule has 0 aliphatic heterocycles. The van der Waals surface area contributed by atoms with E-state index in [0.717, 1.165) is 24.2 Å². The van der Waals surface area contributed by atoms with Gasteiger partial charge in [-0.25, -0.2) is 9.67 Å². The summed E-state index contributed by atoms with van der Waals surface area (Å²) in [5.74, 6) is 1.04. The van der Waals surface area contributed by atoms with Gasteiger partial charge in [0.2, 0.25) is 0 Å². The molecule has 1 aliphatic carbocycles. The van der Waals surface area contributed by atoms with E-state index in [9.17, 15) is 5.26 Å². The van der Waals surface area contributed by atoms with Crippen LogP contribution in [0, 0.1) is 11.3 Å². The number of fused-ring (bicyclic) bond motifs is 1. The molecule has 0 atom stereocenters. The molecule has 102 valence electrons. The molecule has 2 heterocycles. The van der Waals surface area contributed by atoms with Crippen LogP contribution < -0.4 is 0 Å². The van der Waals surface area contributed by atoms with Crippen molar-refractivity contribution < 1.29 is 0 Å². The maximum atomic E-state index is 9.37. The summed E-state index contributed by atoms with van der Waals surface area (Å²) in [5.41, 5.74) is 4.00. The average Bonchev–Trinajstić information content (AvgIpc) is 2.95. The van der Waals surface area contributed by atoms with Gasteiger partial charge in [0.05, 0.1) is 11.3 Å². The molecule has 0 saturated heterocycles. The molecule has 0 saturated carbocycles. The average molecular weight is 266 g/mol. The molecule has 20 heavy (non-hydrogen) atoms. The summed E-state index contributed by atoms with van der Waals surface area (Å²) in [5, 5.41) is 13.9. The van der Waals surface area contributed by atoms with Crippen LogP contribution in [0.5, 0.6) is 0 Å². The van der Waals surface area contributed by atoms with Crippen molar-refractivity contribution in [2.45, 2.75) is 45.4 Å². The molecule has 0 fully saturated rings. The zero-order chi connectivity index (χ0) is 14.1. The van der Waals surface area contributed by atoms with Crippen molar-refractivity contribution in [1.82, 2.24) is 14.8 Å². The third-order valence-electron chi connectivity index (χ3n) is 3.82. The highest BCUT2D eigenvalue weighted by atomic mass is 15.3. The van der Waals surface area contributed by atoms with Gasteiger partial charge in [-0.1, -0.05) is 13.8 Å². The van der Waals surface area contributed by atoms with E-state index in [2.05, 4.69) is 25.0 Å². The Balaban J connectivity index is 2.09. The first kappa shape index (κ1) is 12.9. The lowest BCUT2D eigenvalue weighted by molar-refractivity contribution is 0.659. The van der Waals surface area contributed by atoms with E-state index in [1.807, 2.05) is 18.3 Å². The Kier molecular flexibility index (Phi) is 3.27. The molecule has 0 N–H and O–H groups in total. The Bertz CT molecular complexity index is 676. The van der Waals surface area contributed by atoms with E-state index in [4.69, 9.17) is 4.98 Å². The number of hydrogen-bond acceptors (Lipinski definition) is 3. The second kappa shape index (κ2) is 5.09. The SMILES string of the molecule is CC(C)c1ccn(-c2nc3c(cc2C#N)CCCC3)n1. The van der Waals surface area contributed by atoms with Gasteiger partial charge in [-0.05, 0) is 49.3 Å². The number of aromatic nitrogens is 3. The molecule has 3 rings (SSSR count). The Morgan fingerprint density at radius 2 is 2.10 bits per heavy atom. The van der Waals surface area contributed by atoms with Gasteiger partial charge in [0.1, 0.15) is 6.07 Å². The highest BCUT2D eigenvalue weighted by molar-refractivity contribution is 5.47. The minimum absolute atomic E-state index is 0.374. The monoisotopic (exact) mass is 266 g/mol. The van der Waals surface area contributed by atoms with Crippen molar-refractivity contribution in [2.24, 2.45) is 0 Å². The van der Waals surface area contributed by atoms with Crippen molar-refractivity contribution in [3.05, 3.63) is 40.8 Å². The first-order valence-corrected chi connectivity index (χ1v) is 7.18. The van der Waals surface area contributed by atoms with Gasteiger partial charge < -0.3 is 0 Å². The topological polar surface area (TPSA) is 54.5 Å². The molecule has 4 nitrogen and oxygen atoms in total. The van der Waals surface area contributed by atoms with Crippen molar-refractivity contribution in [2.75, 3.05) is 0 Å². The largest absolute Gasteiger partial charge is 0.232 e. The molecule has 0 radical (unpaired) electrons. The van der Waals surface area contributed by atoms with Gasteiger partial charge in [-0.2, -0.15) is 10.4 Å². The fourth-order valence-electron chi connectivity index (χ4n) is 2.64. The lowest BCUT2D eigenvalue weighted by atomic mass is 9.95. The highest BCUT2D eigenvalue weighted by Crippen LogP contribution is 2.24. The first-order chi connectivity index (χ1) is 9.69. The number of hydrogen-bond donors (Lipinski definition) is 0. The minimum atomic E-state index is 0.374. The second-order valence-corrected chi connectivity index (χ2v) is 5.62. The van der Waals surface area contributed by atoms with Crippen LogP contribution in [0.25, 0.3) is 5.82 Å². The zero-order valence-electron chi connectivity index (χ0n) is 11.9. The molecule has 0 unspecified atom stereocenters. The van der Waals surface area contributed by atoms with Crippen LogP contribution in [0.15, 0.2) is 18.3 Å². The number of pyridine rings is 1. The molecule has 2 aromatic rings. The van der Waals surface area contributed by atoms with Crippen LogP contribution in [0.1, 0.15) is 55.1 Å². The summed E-state index contributed by atoms with van der Waals surface area (Å²) in [4.78, 5) is 4.70. The smallest absolute Gasteiger partial charge is 0.171 e. The van der Waals surface area contributed by atoms with E-state index >= 15 is 0 Å². The maximum absolute atomic E-state index is 9.37. The third-order valence-corrected chi connectivity index (χ3v) is 3.82. The molecule has 4 heteroatoms. The normalized spacial score (nSPS) is 14.1. The third kappa shape index (κ3) is 2.20. The van der Waals surface area contributed by atoms with Gasteiger partial charge >= 0.3 is 0 Å². The lowest BCUT2D eigenvalue weighted by Gasteiger charge is -2.16. The van der Waals surface area contributed by atoms with E-state index < -0.39 is 0 Å². The zero-order valence-corrected chi connectivity index (χ0v) is 11.9. The standard InChI is InChI=1S/C16H18N4/c1-11(2)14-7-8-20(19-14)16-13(10-17)9-12-5-3-4-6-15(12)18-16/h7-9,11H,3-6H2,1-2H3. The van der Waals surface area contributed by atoms with Gasteiger partial charge in [0.15, 0.2) is 5.82 Å². The molecular weight excluding hydrogens is 248 g/mol. The Labute approximate surface area is 119 Å². The first-order valence-electron chi connectivity index (χ1n) is 7.18. The summed E-state index contributed by atoms with van der Waals surface area (Å²) in [7, 11) is 0. The van der Waals surface area contributed by atoms with Crippen LogP contribution in [-0.2, 0) is 12.8 Å². The van der Waals surface area contributed by atoms with E-state index in [1.165, 1.54) is 18.4 Å². The summed E-state index contributed by atoms with van der Waals surface area (Å²) in [6.07, 6.45) is 6.31. The fourth-order valence-corrected chi connectivity index (χ4v) is 2.64. The summed E-state index contributed by atoms with van der Waals surface area (Å²) < 4.78 is 1.74. The van der Waals surface area contributed by atoms with Crippen LogP contribution in [0.3, 0.4) is 0 Å². The predicted molar refractivity (Wildman–Crippen MR) is 76.8 cm³/mol.